The van der Waals surface area contributed by atoms with Crippen LogP contribution in [0.2, 0.25) is 0 Å². The standard InChI is InChI=1S/C13H8I2N2O2S/c14-10-5-1-2-6-11(10)20(18,19)17-12(15)8-9-4-3-7-16-13(9)17/h1-8H. The van der Waals surface area contributed by atoms with Gasteiger partial charge in [-0.2, -0.15) is 0 Å². The smallest absolute Gasteiger partial charge is 0.237 e. The Bertz CT molecular complexity index is 904. The average molecular weight is 510 g/mol. The van der Waals surface area contributed by atoms with Crippen molar-refractivity contribution < 1.29 is 8.42 Å². The van der Waals surface area contributed by atoms with Crippen molar-refractivity contribution in [2.24, 2.45) is 0 Å². The minimum Gasteiger partial charge on any atom is -0.237 e. The third kappa shape index (κ3) is 2.25. The highest BCUT2D eigenvalue weighted by Gasteiger charge is 2.24. The van der Waals surface area contributed by atoms with Gasteiger partial charge in [-0.15, -0.1) is 0 Å². The monoisotopic (exact) mass is 510 g/mol. The van der Waals surface area contributed by atoms with E-state index >= 15 is 0 Å². The highest BCUT2D eigenvalue weighted by atomic mass is 127. The summed E-state index contributed by atoms with van der Waals surface area (Å²) in [4.78, 5) is 4.49. The maximum Gasteiger partial charge on any atom is 0.271 e. The summed E-state index contributed by atoms with van der Waals surface area (Å²) < 4.78 is 28.3. The van der Waals surface area contributed by atoms with Gasteiger partial charge in [0, 0.05) is 15.2 Å². The number of nitrogens with zero attached hydrogens (tertiary/aromatic N) is 2. The molecule has 0 saturated carbocycles. The lowest BCUT2D eigenvalue weighted by atomic mass is 10.3. The number of halogens is 2. The maximum atomic E-state index is 12.9. The van der Waals surface area contributed by atoms with Crippen LogP contribution in [0.5, 0.6) is 0 Å². The maximum absolute atomic E-state index is 12.9. The molecule has 4 nitrogen and oxygen atoms in total. The molecule has 0 atom stereocenters. The summed E-state index contributed by atoms with van der Waals surface area (Å²) in [5.74, 6) is 0. The third-order valence-corrected chi connectivity index (χ3v) is 7.02. The van der Waals surface area contributed by atoms with Gasteiger partial charge in [0.1, 0.15) is 4.90 Å². The lowest BCUT2D eigenvalue weighted by Crippen LogP contribution is -2.16. The molecule has 0 aliphatic rings. The summed E-state index contributed by atoms with van der Waals surface area (Å²) >= 11 is 4.05. The molecule has 3 rings (SSSR count). The van der Waals surface area contributed by atoms with Crippen molar-refractivity contribution in [3.63, 3.8) is 0 Å². The van der Waals surface area contributed by atoms with Crippen molar-refractivity contribution in [3.8, 4) is 0 Å². The van der Waals surface area contributed by atoms with Crippen LogP contribution in [0.15, 0.2) is 53.6 Å². The fraction of sp³-hybridized carbons (Fsp3) is 0. The van der Waals surface area contributed by atoms with Crippen LogP contribution in [0, 0.1) is 7.27 Å². The molecule has 0 fully saturated rings. The fourth-order valence-corrected chi connectivity index (χ4v) is 5.95. The number of hydrogen-bond acceptors (Lipinski definition) is 3. The van der Waals surface area contributed by atoms with E-state index in [-0.39, 0.29) is 0 Å². The Hall–Kier alpha value is -0.680. The highest BCUT2D eigenvalue weighted by Crippen LogP contribution is 2.27. The van der Waals surface area contributed by atoms with Gasteiger partial charge in [0.25, 0.3) is 10.0 Å². The molecule has 0 aliphatic carbocycles. The first-order chi connectivity index (χ1) is 9.51. The molecule has 0 saturated heterocycles. The molecule has 2 heterocycles. The molecule has 0 aliphatic heterocycles. The average Bonchev–Trinajstić information content (AvgIpc) is 2.75. The zero-order chi connectivity index (χ0) is 14.3. The number of pyridine rings is 1. The molecule has 0 amide bonds. The predicted octanol–water partition coefficient (Wildman–Crippen LogP) is 3.48. The van der Waals surface area contributed by atoms with E-state index in [1.807, 2.05) is 63.4 Å². The Morgan fingerprint density at radius 2 is 1.80 bits per heavy atom. The fourth-order valence-electron chi connectivity index (χ4n) is 1.96. The van der Waals surface area contributed by atoms with Crippen LogP contribution in [-0.2, 0) is 10.0 Å². The number of rotatable bonds is 2. The predicted molar refractivity (Wildman–Crippen MR) is 94.2 cm³/mol. The molecule has 0 unspecified atom stereocenters. The Balaban J connectivity index is 2.36. The second-order valence-electron chi connectivity index (χ2n) is 4.08. The molecule has 20 heavy (non-hydrogen) atoms. The molecule has 0 N–H and O–H groups in total. The van der Waals surface area contributed by atoms with E-state index in [2.05, 4.69) is 4.98 Å². The SMILES string of the molecule is O=S(=O)(c1ccccc1I)n1c(I)cc2cccnc21. The number of benzene rings is 1. The van der Waals surface area contributed by atoms with E-state index in [1.54, 1.807) is 30.5 Å². The minimum absolute atomic E-state index is 0.293. The van der Waals surface area contributed by atoms with Gasteiger partial charge < -0.3 is 0 Å². The Kier molecular flexibility index (Phi) is 3.75. The van der Waals surface area contributed by atoms with Crippen molar-refractivity contribution in [1.82, 2.24) is 8.96 Å². The van der Waals surface area contributed by atoms with Crippen molar-refractivity contribution in [2.45, 2.75) is 4.90 Å². The number of hydrogen-bond donors (Lipinski definition) is 0. The Labute approximate surface area is 143 Å². The summed E-state index contributed by atoms with van der Waals surface area (Å²) in [6, 6.07) is 12.4. The number of aromatic nitrogens is 2. The molecular weight excluding hydrogens is 502 g/mol. The number of fused-ring (bicyclic) bond motifs is 1. The first kappa shape index (κ1) is 14.3. The second-order valence-corrected chi connectivity index (χ2v) is 8.11. The van der Waals surface area contributed by atoms with Gasteiger partial charge >= 0.3 is 0 Å². The van der Waals surface area contributed by atoms with Crippen LogP contribution in [0.4, 0.5) is 0 Å². The van der Waals surface area contributed by atoms with E-state index in [9.17, 15) is 8.42 Å². The first-order valence-corrected chi connectivity index (χ1v) is 9.23. The van der Waals surface area contributed by atoms with Crippen LogP contribution in [-0.4, -0.2) is 17.4 Å². The molecule has 3 aromatic rings. The minimum atomic E-state index is -3.64. The molecule has 2 aromatic heterocycles. The van der Waals surface area contributed by atoms with E-state index in [1.165, 1.54) is 3.97 Å². The molecular formula is C13H8I2N2O2S. The van der Waals surface area contributed by atoms with Crippen LogP contribution in [0.25, 0.3) is 11.0 Å². The van der Waals surface area contributed by atoms with Gasteiger partial charge in [-0.25, -0.2) is 17.4 Å². The first-order valence-electron chi connectivity index (χ1n) is 5.64. The van der Waals surface area contributed by atoms with E-state index in [0.717, 1.165) is 5.39 Å². The lowest BCUT2D eigenvalue weighted by molar-refractivity contribution is 0.587. The zero-order valence-electron chi connectivity index (χ0n) is 9.99. The second kappa shape index (κ2) is 5.26. The van der Waals surface area contributed by atoms with Crippen LogP contribution in [0.1, 0.15) is 0 Å². The van der Waals surface area contributed by atoms with Gasteiger partial charge in [-0.1, -0.05) is 12.1 Å². The molecule has 0 bridgehead atoms. The summed E-state index contributed by atoms with van der Waals surface area (Å²) in [6.07, 6.45) is 1.60. The Morgan fingerprint density at radius 3 is 2.55 bits per heavy atom. The van der Waals surface area contributed by atoms with Gasteiger partial charge in [-0.3, -0.25) is 0 Å². The summed E-state index contributed by atoms with van der Waals surface area (Å²) in [6.45, 7) is 0. The molecule has 102 valence electrons. The molecule has 1 aromatic carbocycles. The summed E-state index contributed by atoms with van der Waals surface area (Å²) in [7, 11) is -3.64. The van der Waals surface area contributed by atoms with Gasteiger partial charge in [-0.05, 0) is 75.5 Å². The van der Waals surface area contributed by atoms with E-state index < -0.39 is 10.0 Å². The quantitative estimate of drug-likeness (QED) is 0.497. The van der Waals surface area contributed by atoms with Crippen LogP contribution >= 0.6 is 45.2 Å². The van der Waals surface area contributed by atoms with Gasteiger partial charge in [0.05, 0.1) is 3.70 Å². The van der Waals surface area contributed by atoms with Crippen LogP contribution in [0.3, 0.4) is 0 Å². The molecule has 0 radical (unpaired) electrons. The third-order valence-electron chi connectivity index (χ3n) is 2.83. The van der Waals surface area contributed by atoms with Gasteiger partial charge in [0.2, 0.25) is 0 Å². The molecule has 7 heteroatoms. The normalized spacial score (nSPS) is 11.9. The van der Waals surface area contributed by atoms with Crippen LogP contribution < -0.4 is 0 Å². The molecule has 0 spiro atoms. The highest BCUT2D eigenvalue weighted by molar-refractivity contribution is 14.1. The Morgan fingerprint density at radius 1 is 1.05 bits per heavy atom. The van der Waals surface area contributed by atoms with Crippen molar-refractivity contribution >= 4 is 66.2 Å². The zero-order valence-corrected chi connectivity index (χ0v) is 15.1. The van der Waals surface area contributed by atoms with E-state index in [4.69, 9.17) is 0 Å². The summed E-state index contributed by atoms with van der Waals surface area (Å²) in [5.41, 5.74) is 0.455. The lowest BCUT2D eigenvalue weighted by Gasteiger charge is -2.09. The summed E-state index contributed by atoms with van der Waals surface area (Å²) in [5, 5.41) is 0.811. The topological polar surface area (TPSA) is 52.0 Å². The van der Waals surface area contributed by atoms with Crippen molar-refractivity contribution in [3.05, 3.63) is 55.9 Å². The van der Waals surface area contributed by atoms with Crippen molar-refractivity contribution in [2.75, 3.05) is 0 Å². The largest absolute Gasteiger partial charge is 0.271 e. The van der Waals surface area contributed by atoms with Crippen molar-refractivity contribution in [1.29, 1.82) is 0 Å². The van der Waals surface area contributed by atoms with Gasteiger partial charge in [0.15, 0.2) is 5.65 Å². The van der Waals surface area contributed by atoms with E-state index in [0.29, 0.717) is 17.8 Å².